The predicted molar refractivity (Wildman–Crippen MR) is 118 cm³/mol. The Morgan fingerprint density at radius 1 is 1.16 bits per heavy atom. The number of carbonyl (C=O) groups is 2. The van der Waals surface area contributed by atoms with Gasteiger partial charge in [0.15, 0.2) is 0 Å². The zero-order valence-corrected chi connectivity index (χ0v) is 18.1. The predicted octanol–water partition coefficient (Wildman–Crippen LogP) is 5.26. The Hall–Kier alpha value is -3.04. The molecule has 160 valence electrons. The molecule has 1 fully saturated rings. The van der Waals surface area contributed by atoms with Crippen molar-refractivity contribution in [3.05, 3.63) is 68.9 Å². The van der Waals surface area contributed by atoms with Crippen LogP contribution >= 0.6 is 22.9 Å². The van der Waals surface area contributed by atoms with Crippen molar-refractivity contribution in [2.45, 2.75) is 25.8 Å². The van der Waals surface area contributed by atoms with Crippen LogP contribution in [0.4, 0.5) is 20.6 Å². The number of halogens is 2. The number of benzene rings is 2. The van der Waals surface area contributed by atoms with Gasteiger partial charge in [0, 0.05) is 22.9 Å². The van der Waals surface area contributed by atoms with Crippen LogP contribution in [0.2, 0.25) is 5.02 Å². The maximum absolute atomic E-state index is 13.3. The molecule has 0 saturated carbocycles. The number of urea groups is 1. The van der Waals surface area contributed by atoms with Gasteiger partial charge >= 0.3 is 6.03 Å². The van der Waals surface area contributed by atoms with Gasteiger partial charge in [-0.25, -0.2) is 9.18 Å². The lowest BCUT2D eigenvalue weighted by Gasteiger charge is -2.23. The van der Waals surface area contributed by atoms with E-state index in [9.17, 15) is 14.0 Å². The van der Waals surface area contributed by atoms with Crippen LogP contribution in [0, 0.1) is 12.7 Å². The zero-order chi connectivity index (χ0) is 22.0. The fraction of sp³-hybridized carbons (Fsp3) is 0.238. The fourth-order valence-electron chi connectivity index (χ4n) is 3.34. The van der Waals surface area contributed by atoms with E-state index in [1.807, 2.05) is 13.0 Å². The topological polar surface area (TPSA) is 87.2 Å². The number of aryl methyl sites for hydroxylation is 1. The van der Waals surface area contributed by atoms with E-state index >= 15 is 0 Å². The molecule has 7 nitrogen and oxygen atoms in total. The van der Waals surface area contributed by atoms with Crippen LogP contribution in [0.5, 0.6) is 0 Å². The normalized spacial score (nSPS) is 15.7. The SMILES string of the molecule is Cc1ccc(NC(=O)N2CCC[C@H]2c2nnc(C(=O)Nc3cccc(F)c3)s2)cc1Cl. The molecule has 4 rings (SSSR count). The van der Waals surface area contributed by atoms with Crippen molar-refractivity contribution in [2.75, 3.05) is 17.2 Å². The van der Waals surface area contributed by atoms with E-state index in [-0.39, 0.29) is 17.1 Å². The van der Waals surface area contributed by atoms with E-state index in [4.69, 9.17) is 11.6 Å². The first-order valence-corrected chi connectivity index (χ1v) is 10.8. The quantitative estimate of drug-likeness (QED) is 0.557. The zero-order valence-electron chi connectivity index (χ0n) is 16.6. The van der Waals surface area contributed by atoms with E-state index in [0.29, 0.717) is 27.9 Å². The summed E-state index contributed by atoms with van der Waals surface area (Å²) in [4.78, 5) is 26.9. The average Bonchev–Trinajstić information content (AvgIpc) is 3.40. The number of hydrogen-bond acceptors (Lipinski definition) is 5. The molecule has 1 aromatic heterocycles. The minimum atomic E-state index is -0.474. The van der Waals surface area contributed by atoms with Gasteiger partial charge in [-0.05, 0) is 55.7 Å². The number of amides is 3. The standard InChI is InChI=1S/C21H19ClFN5O2S/c1-12-7-8-15(11-16(12)22)25-21(30)28-9-3-6-17(28)19-26-27-20(31-19)18(29)24-14-5-2-4-13(23)10-14/h2,4-5,7-8,10-11,17H,3,6,9H2,1H3,(H,24,29)(H,25,30)/t17-/m0/s1. The van der Waals surface area contributed by atoms with Gasteiger partial charge in [-0.3, -0.25) is 4.79 Å². The molecule has 1 atom stereocenters. The third-order valence-corrected chi connectivity index (χ3v) is 6.37. The summed E-state index contributed by atoms with van der Waals surface area (Å²) in [6.45, 7) is 2.46. The lowest BCUT2D eigenvalue weighted by molar-refractivity contribution is 0.102. The maximum atomic E-state index is 13.3. The van der Waals surface area contributed by atoms with Gasteiger partial charge in [-0.1, -0.05) is 35.1 Å². The van der Waals surface area contributed by atoms with Crippen LogP contribution in [0.1, 0.15) is 39.3 Å². The van der Waals surface area contributed by atoms with Crippen molar-refractivity contribution in [1.29, 1.82) is 0 Å². The number of nitrogens with one attached hydrogen (secondary N) is 2. The molecule has 31 heavy (non-hydrogen) atoms. The smallest absolute Gasteiger partial charge is 0.320 e. The van der Waals surface area contributed by atoms with Crippen molar-refractivity contribution >= 4 is 46.3 Å². The molecule has 0 radical (unpaired) electrons. The second kappa shape index (κ2) is 8.99. The molecule has 0 bridgehead atoms. The molecule has 1 aliphatic rings. The molecule has 1 saturated heterocycles. The van der Waals surface area contributed by atoms with Crippen LogP contribution in [-0.4, -0.2) is 33.6 Å². The molecule has 3 aromatic rings. The molecule has 1 aliphatic heterocycles. The Kier molecular flexibility index (Phi) is 6.15. The monoisotopic (exact) mass is 459 g/mol. The van der Waals surface area contributed by atoms with Gasteiger partial charge in [0.2, 0.25) is 5.01 Å². The summed E-state index contributed by atoms with van der Waals surface area (Å²) in [6.07, 6.45) is 1.54. The lowest BCUT2D eigenvalue weighted by atomic mass is 10.2. The molecule has 0 spiro atoms. The first-order valence-electron chi connectivity index (χ1n) is 9.65. The van der Waals surface area contributed by atoms with Crippen molar-refractivity contribution in [3.63, 3.8) is 0 Å². The summed E-state index contributed by atoms with van der Waals surface area (Å²) in [5, 5.41) is 14.9. The number of nitrogens with zero attached hydrogens (tertiary/aromatic N) is 3. The highest BCUT2D eigenvalue weighted by Gasteiger charge is 2.33. The minimum Gasteiger partial charge on any atom is -0.320 e. The van der Waals surface area contributed by atoms with Crippen LogP contribution in [0.25, 0.3) is 0 Å². The summed E-state index contributed by atoms with van der Waals surface area (Å²) >= 11 is 7.26. The number of rotatable bonds is 4. The Morgan fingerprint density at radius 3 is 2.74 bits per heavy atom. The summed E-state index contributed by atoms with van der Waals surface area (Å²) < 4.78 is 13.3. The van der Waals surface area contributed by atoms with Crippen LogP contribution in [0.3, 0.4) is 0 Å². The Morgan fingerprint density at radius 2 is 1.97 bits per heavy atom. The number of likely N-dealkylation sites (tertiary alicyclic amines) is 1. The molecular weight excluding hydrogens is 441 g/mol. The highest BCUT2D eigenvalue weighted by Crippen LogP contribution is 2.34. The summed E-state index contributed by atoms with van der Waals surface area (Å²) in [6, 6.07) is 10.4. The molecule has 3 amide bonds. The minimum absolute atomic E-state index is 0.150. The van der Waals surface area contributed by atoms with Crippen LogP contribution in [0.15, 0.2) is 42.5 Å². The van der Waals surface area contributed by atoms with Crippen molar-refractivity contribution < 1.29 is 14.0 Å². The van der Waals surface area contributed by atoms with Crippen LogP contribution < -0.4 is 10.6 Å². The third-order valence-electron chi connectivity index (χ3n) is 4.94. The number of aromatic nitrogens is 2. The van der Waals surface area contributed by atoms with Gasteiger partial charge in [-0.2, -0.15) is 0 Å². The highest BCUT2D eigenvalue weighted by molar-refractivity contribution is 7.13. The summed E-state index contributed by atoms with van der Waals surface area (Å²) in [7, 11) is 0. The molecule has 0 unspecified atom stereocenters. The fourth-order valence-corrected chi connectivity index (χ4v) is 4.41. The van der Waals surface area contributed by atoms with Crippen LogP contribution in [-0.2, 0) is 0 Å². The van der Waals surface area contributed by atoms with Crippen molar-refractivity contribution in [1.82, 2.24) is 15.1 Å². The van der Waals surface area contributed by atoms with E-state index in [0.717, 1.165) is 29.7 Å². The van der Waals surface area contributed by atoms with Gasteiger partial charge in [0.1, 0.15) is 10.8 Å². The van der Waals surface area contributed by atoms with Crippen molar-refractivity contribution in [3.8, 4) is 0 Å². The molecular formula is C21H19ClFN5O2S. The van der Waals surface area contributed by atoms with E-state index in [1.54, 1.807) is 23.1 Å². The Bertz CT molecular complexity index is 1140. The average molecular weight is 460 g/mol. The molecule has 10 heteroatoms. The molecule has 2 aromatic carbocycles. The molecule has 2 N–H and O–H groups in total. The number of anilines is 2. The Balaban J connectivity index is 1.45. The third kappa shape index (κ3) is 4.83. The van der Waals surface area contributed by atoms with Gasteiger partial charge in [-0.15, -0.1) is 10.2 Å². The molecule has 0 aliphatic carbocycles. The second-order valence-electron chi connectivity index (χ2n) is 7.16. The number of carbonyl (C=O) groups excluding carboxylic acids is 2. The first-order chi connectivity index (χ1) is 14.9. The number of hydrogen-bond donors (Lipinski definition) is 2. The molecule has 2 heterocycles. The Labute approximate surface area is 187 Å². The maximum Gasteiger partial charge on any atom is 0.322 e. The van der Waals surface area contributed by atoms with E-state index in [2.05, 4.69) is 20.8 Å². The van der Waals surface area contributed by atoms with Gasteiger partial charge in [0.25, 0.3) is 5.91 Å². The lowest BCUT2D eigenvalue weighted by Crippen LogP contribution is -2.34. The summed E-state index contributed by atoms with van der Waals surface area (Å²) in [5.41, 5.74) is 1.87. The second-order valence-corrected chi connectivity index (χ2v) is 8.57. The summed E-state index contributed by atoms with van der Waals surface area (Å²) in [5.74, 6) is -0.920. The van der Waals surface area contributed by atoms with Crippen molar-refractivity contribution in [2.24, 2.45) is 0 Å². The van der Waals surface area contributed by atoms with Gasteiger partial charge in [0.05, 0.1) is 6.04 Å². The first kappa shape index (κ1) is 21.2. The highest BCUT2D eigenvalue weighted by atomic mass is 35.5. The van der Waals surface area contributed by atoms with E-state index < -0.39 is 11.7 Å². The largest absolute Gasteiger partial charge is 0.322 e. The van der Waals surface area contributed by atoms with E-state index in [1.165, 1.54) is 18.2 Å². The van der Waals surface area contributed by atoms with Gasteiger partial charge < -0.3 is 15.5 Å².